The van der Waals surface area contributed by atoms with Crippen LogP contribution < -0.4 is 0 Å². The Morgan fingerprint density at radius 1 is 1.62 bits per heavy atom. The van der Waals surface area contributed by atoms with Crippen molar-refractivity contribution in [1.29, 1.82) is 0 Å². The van der Waals surface area contributed by atoms with Gasteiger partial charge in [-0.05, 0) is 13.8 Å². The van der Waals surface area contributed by atoms with Crippen LogP contribution in [0.25, 0.3) is 0 Å². The van der Waals surface area contributed by atoms with Gasteiger partial charge in [0.25, 0.3) is 10.1 Å². The summed E-state index contributed by atoms with van der Waals surface area (Å²) >= 11 is 0. The Morgan fingerprint density at radius 2 is 2.12 bits per heavy atom. The predicted octanol–water partition coefficient (Wildman–Crippen LogP) is 0.499. The third-order valence-corrected chi connectivity index (χ3v) is 4.01. The van der Waals surface area contributed by atoms with Crippen molar-refractivity contribution < 1.29 is 27.2 Å². The summed E-state index contributed by atoms with van der Waals surface area (Å²) in [5, 5.41) is 0. The average molecular weight is 250 g/mol. The molecule has 7 heteroatoms. The highest BCUT2D eigenvalue weighted by Crippen LogP contribution is 2.36. The Bertz CT molecular complexity index is 406. The summed E-state index contributed by atoms with van der Waals surface area (Å²) in [5.41, 5.74) is 0.150. The second-order valence-electron chi connectivity index (χ2n) is 3.71. The van der Waals surface area contributed by atoms with Crippen LogP contribution in [0.15, 0.2) is 12.2 Å². The van der Waals surface area contributed by atoms with E-state index in [1.807, 2.05) is 0 Å². The zero-order chi connectivity index (χ0) is 12.6. The summed E-state index contributed by atoms with van der Waals surface area (Å²) in [7, 11) is -4.43. The minimum atomic E-state index is -4.43. The summed E-state index contributed by atoms with van der Waals surface area (Å²) in [5.74, 6) is -0.717. The minimum Gasteiger partial charge on any atom is -0.455 e. The van der Waals surface area contributed by atoms with Crippen molar-refractivity contribution in [3.8, 4) is 0 Å². The smallest absolute Gasteiger partial charge is 0.333 e. The highest BCUT2D eigenvalue weighted by Gasteiger charge is 2.56. The van der Waals surface area contributed by atoms with Gasteiger partial charge in [-0.15, -0.1) is 0 Å². The van der Waals surface area contributed by atoms with E-state index in [-0.39, 0.29) is 18.6 Å². The van der Waals surface area contributed by atoms with Gasteiger partial charge in [0, 0.05) is 12.0 Å². The van der Waals surface area contributed by atoms with Crippen molar-refractivity contribution >= 4 is 16.1 Å². The molecule has 1 aliphatic heterocycles. The summed E-state index contributed by atoms with van der Waals surface area (Å²) in [6.07, 6.45) is -0.989. The highest BCUT2D eigenvalue weighted by molar-refractivity contribution is 7.87. The lowest BCUT2D eigenvalue weighted by atomic mass is 10.1. The molecule has 16 heavy (non-hydrogen) atoms. The average Bonchev–Trinajstić information content (AvgIpc) is 1.97. The van der Waals surface area contributed by atoms with E-state index in [1.54, 1.807) is 0 Å². The van der Waals surface area contributed by atoms with Crippen LogP contribution in [0.2, 0.25) is 0 Å². The van der Waals surface area contributed by atoms with E-state index < -0.39 is 27.1 Å². The molecule has 0 spiro atoms. The van der Waals surface area contributed by atoms with Gasteiger partial charge in [-0.1, -0.05) is 6.58 Å². The molecule has 0 radical (unpaired) electrons. The number of carbonyl (C=O) groups is 1. The van der Waals surface area contributed by atoms with Crippen molar-refractivity contribution in [1.82, 2.24) is 0 Å². The molecule has 92 valence electrons. The lowest BCUT2D eigenvalue weighted by Gasteiger charge is -2.41. The van der Waals surface area contributed by atoms with E-state index in [2.05, 4.69) is 6.58 Å². The third kappa shape index (κ3) is 2.11. The summed E-state index contributed by atoms with van der Waals surface area (Å²) in [6.45, 7) is 6.37. The van der Waals surface area contributed by atoms with Gasteiger partial charge in [0.15, 0.2) is 0 Å². The molecule has 0 saturated carbocycles. The molecule has 0 aromatic rings. The van der Waals surface area contributed by atoms with Crippen molar-refractivity contribution in [3.63, 3.8) is 0 Å². The standard InChI is InChI=1S/C9H14O6S/c1-6(2)8(10)15-7(3)9(4-5-14-9)16(11,12)13/h7H,1,4-5H2,2-3H3,(H,11,12,13). The SMILES string of the molecule is C=C(C)C(=O)OC(C)C1(S(=O)(=O)O)CCO1. The summed E-state index contributed by atoms with van der Waals surface area (Å²) < 4.78 is 41.1. The summed E-state index contributed by atoms with van der Waals surface area (Å²) in [6, 6.07) is 0. The van der Waals surface area contributed by atoms with E-state index in [9.17, 15) is 13.2 Å². The predicted molar refractivity (Wildman–Crippen MR) is 55.2 cm³/mol. The number of rotatable bonds is 4. The van der Waals surface area contributed by atoms with Crippen LogP contribution in [0.4, 0.5) is 0 Å². The zero-order valence-corrected chi connectivity index (χ0v) is 9.91. The maximum atomic E-state index is 11.2. The largest absolute Gasteiger partial charge is 0.455 e. The number of esters is 1. The van der Waals surface area contributed by atoms with Gasteiger partial charge in [-0.3, -0.25) is 4.55 Å². The Kier molecular flexibility index (Phi) is 3.41. The van der Waals surface area contributed by atoms with Crippen LogP contribution in [0.5, 0.6) is 0 Å². The number of hydrogen-bond donors (Lipinski definition) is 1. The molecule has 0 aromatic carbocycles. The van der Waals surface area contributed by atoms with Gasteiger partial charge in [0.05, 0.1) is 6.61 Å². The van der Waals surface area contributed by atoms with Gasteiger partial charge in [0.2, 0.25) is 4.93 Å². The second-order valence-corrected chi connectivity index (χ2v) is 5.35. The van der Waals surface area contributed by atoms with Crippen molar-refractivity contribution in [2.24, 2.45) is 0 Å². The van der Waals surface area contributed by atoms with Crippen LogP contribution in [0.3, 0.4) is 0 Å². The molecule has 2 atom stereocenters. The summed E-state index contributed by atoms with van der Waals surface area (Å²) in [4.78, 5) is 9.39. The molecule has 2 unspecified atom stereocenters. The highest BCUT2D eigenvalue weighted by atomic mass is 32.2. The quantitative estimate of drug-likeness (QED) is 0.444. The number of ether oxygens (including phenoxy) is 2. The molecule has 0 amide bonds. The Hall–Kier alpha value is -0.920. The van der Waals surface area contributed by atoms with E-state index >= 15 is 0 Å². The van der Waals surface area contributed by atoms with Crippen LogP contribution in [0, 0.1) is 0 Å². The molecule has 1 rings (SSSR count). The monoisotopic (exact) mass is 250 g/mol. The van der Waals surface area contributed by atoms with Crippen LogP contribution in [-0.4, -0.2) is 36.6 Å². The minimum absolute atomic E-state index is 0.0937. The fourth-order valence-corrected chi connectivity index (χ4v) is 2.43. The van der Waals surface area contributed by atoms with Crippen LogP contribution >= 0.6 is 0 Å². The number of hydrogen-bond acceptors (Lipinski definition) is 5. The van der Waals surface area contributed by atoms with Gasteiger partial charge >= 0.3 is 5.97 Å². The lowest BCUT2D eigenvalue weighted by Crippen LogP contribution is -2.58. The van der Waals surface area contributed by atoms with Crippen LogP contribution in [0.1, 0.15) is 20.3 Å². The molecule has 0 bridgehead atoms. The molecule has 1 N–H and O–H groups in total. The third-order valence-electron chi connectivity index (χ3n) is 2.49. The second kappa shape index (κ2) is 4.15. The first-order valence-corrected chi connectivity index (χ1v) is 6.12. The Labute approximate surface area is 94.0 Å². The maximum Gasteiger partial charge on any atom is 0.333 e. The fourth-order valence-electron chi connectivity index (χ4n) is 1.39. The molecule has 6 nitrogen and oxygen atoms in total. The van der Waals surface area contributed by atoms with Gasteiger partial charge < -0.3 is 9.47 Å². The van der Waals surface area contributed by atoms with E-state index in [0.717, 1.165) is 0 Å². The molecule has 1 aliphatic rings. The van der Waals surface area contributed by atoms with Crippen molar-refractivity contribution in [2.75, 3.05) is 6.61 Å². The molecule has 1 saturated heterocycles. The van der Waals surface area contributed by atoms with Crippen molar-refractivity contribution in [3.05, 3.63) is 12.2 Å². The van der Waals surface area contributed by atoms with Crippen LogP contribution in [-0.2, 0) is 24.4 Å². The van der Waals surface area contributed by atoms with E-state index in [1.165, 1.54) is 13.8 Å². The van der Waals surface area contributed by atoms with E-state index in [4.69, 9.17) is 14.0 Å². The normalized spacial score (nSPS) is 26.7. The molecule has 1 fully saturated rings. The zero-order valence-electron chi connectivity index (χ0n) is 9.10. The molecular weight excluding hydrogens is 236 g/mol. The first-order valence-electron chi connectivity index (χ1n) is 4.68. The Morgan fingerprint density at radius 3 is 2.38 bits per heavy atom. The molecule has 0 aromatic heterocycles. The molecule has 1 heterocycles. The number of carbonyl (C=O) groups excluding carboxylic acids is 1. The first-order chi connectivity index (χ1) is 7.21. The fraction of sp³-hybridized carbons (Fsp3) is 0.667. The Balaban J connectivity index is 2.83. The lowest BCUT2D eigenvalue weighted by molar-refractivity contribution is -0.178. The van der Waals surface area contributed by atoms with Gasteiger partial charge in [-0.2, -0.15) is 8.42 Å². The van der Waals surface area contributed by atoms with E-state index in [0.29, 0.717) is 0 Å². The first kappa shape index (κ1) is 13.1. The molecular formula is C9H14O6S. The topological polar surface area (TPSA) is 89.9 Å². The van der Waals surface area contributed by atoms with Gasteiger partial charge in [0.1, 0.15) is 6.10 Å². The van der Waals surface area contributed by atoms with Gasteiger partial charge in [-0.25, -0.2) is 4.79 Å². The van der Waals surface area contributed by atoms with Crippen molar-refractivity contribution in [2.45, 2.75) is 31.3 Å². The maximum absolute atomic E-state index is 11.2. The molecule has 0 aliphatic carbocycles.